The molecule has 1 saturated heterocycles. The van der Waals surface area contributed by atoms with Crippen molar-refractivity contribution < 1.29 is 4.79 Å². The standard InChI is InChI=1S/C14H25N5O/c1-14(2,3)15-8-12(20)19-7-5-6-11(9-19)13-17-16-10-18(13)4/h10-11,15H,5-9H2,1-4H3. The van der Waals surface area contributed by atoms with Crippen LogP contribution in [0.5, 0.6) is 0 Å². The summed E-state index contributed by atoms with van der Waals surface area (Å²) in [7, 11) is 1.96. The lowest BCUT2D eigenvalue weighted by Crippen LogP contribution is -2.47. The van der Waals surface area contributed by atoms with Crippen LogP contribution in [0.25, 0.3) is 0 Å². The lowest BCUT2D eigenvalue weighted by atomic mass is 9.97. The molecule has 6 heteroatoms. The van der Waals surface area contributed by atoms with Crippen LogP contribution in [-0.2, 0) is 11.8 Å². The Kier molecular flexibility index (Phi) is 4.42. The van der Waals surface area contributed by atoms with Gasteiger partial charge in [-0.1, -0.05) is 0 Å². The number of nitrogens with zero attached hydrogens (tertiary/aromatic N) is 4. The molecule has 0 radical (unpaired) electrons. The minimum Gasteiger partial charge on any atom is -0.341 e. The average molecular weight is 279 g/mol. The van der Waals surface area contributed by atoms with Crippen LogP contribution >= 0.6 is 0 Å². The van der Waals surface area contributed by atoms with Crippen molar-refractivity contribution in [2.75, 3.05) is 19.6 Å². The zero-order valence-corrected chi connectivity index (χ0v) is 12.9. The number of rotatable bonds is 3. The molecule has 1 aromatic heterocycles. The van der Waals surface area contributed by atoms with Crippen molar-refractivity contribution in [2.45, 2.75) is 45.1 Å². The van der Waals surface area contributed by atoms with Crippen LogP contribution < -0.4 is 5.32 Å². The summed E-state index contributed by atoms with van der Waals surface area (Å²) in [5.41, 5.74) is -0.0333. The van der Waals surface area contributed by atoms with Gasteiger partial charge in [0, 0.05) is 31.6 Å². The molecule has 1 aliphatic heterocycles. The molecule has 1 amide bonds. The van der Waals surface area contributed by atoms with Gasteiger partial charge in [-0.15, -0.1) is 10.2 Å². The SMILES string of the molecule is Cn1cnnc1C1CCCN(C(=O)CNC(C)(C)C)C1. The highest BCUT2D eigenvalue weighted by molar-refractivity contribution is 5.78. The first-order valence-corrected chi connectivity index (χ1v) is 7.23. The van der Waals surface area contributed by atoms with Crippen molar-refractivity contribution in [3.05, 3.63) is 12.2 Å². The molecule has 2 rings (SSSR count). The van der Waals surface area contributed by atoms with E-state index < -0.39 is 0 Å². The maximum atomic E-state index is 12.3. The molecule has 20 heavy (non-hydrogen) atoms. The highest BCUT2D eigenvalue weighted by Gasteiger charge is 2.27. The Morgan fingerprint density at radius 1 is 1.50 bits per heavy atom. The van der Waals surface area contributed by atoms with E-state index in [1.54, 1.807) is 6.33 Å². The molecule has 6 nitrogen and oxygen atoms in total. The number of aromatic nitrogens is 3. The minimum absolute atomic E-state index is 0.0333. The number of aryl methyl sites for hydroxylation is 1. The normalized spacial score (nSPS) is 20.2. The third-order valence-electron chi connectivity index (χ3n) is 3.66. The number of hydrogen-bond donors (Lipinski definition) is 1. The number of hydrogen-bond acceptors (Lipinski definition) is 4. The molecular formula is C14H25N5O. The zero-order chi connectivity index (χ0) is 14.8. The van der Waals surface area contributed by atoms with Crippen LogP contribution in [0, 0.1) is 0 Å². The Morgan fingerprint density at radius 3 is 2.85 bits per heavy atom. The molecule has 1 aromatic rings. The molecule has 2 heterocycles. The van der Waals surface area contributed by atoms with Crippen LogP contribution in [-0.4, -0.2) is 50.7 Å². The summed E-state index contributed by atoms with van der Waals surface area (Å²) >= 11 is 0. The quantitative estimate of drug-likeness (QED) is 0.893. The second-order valence-electron chi connectivity index (χ2n) is 6.58. The Hall–Kier alpha value is -1.43. The molecule has 0 saturated carbocycles. The monoisotopic (exact) mass is 279 g/mol. The first kappa shape index (κ1) is 15.0. The van der Waals surface area contributed by atoms with Gasteiger partial charge in [0.1, 0.15) is 12.2 Å². The average Bonchev–Trinajstić information content (AvgIpc) is 2.81. The maximum absolute atomic E-state index is 12.3. The Morgan fingerprint density at radius 2 is 2.25 bits per heavy atom. The number of carbonyl (C=O) groups excluding carboxylic acids is 1. The highest BCUT2D eigenvalue weighted by Crippen LogP contribution is 2.24. The van der Waals surface area contributed by atoms with Gasteiger partial charge in [0.15, 0.2) is 0 Å². The van der Waals surface area contributed by atoms with Crippen LogP contribution in [0.3, 0.4) is 0 Å². The first-order chi connectivity index (χ1) is 9.37. The summed E-state index contributed by atoms with van der Waals surface area (Å²) in [6, 6.07) is 0. The summed E-state index contributed by atoms with van der Waals surface area (Å²) in [4.78, 5) is 14.2. The third-order valence-corrected chi connectivity index (χ3v) is 3.66. The van der Waals surface area contributed by atoms with E-state index >= 15 is 0 Å². The molecular weight excluding hydrogens is 254 g/mol. The number of carbonyl (C=O) groups is 1. The second-order valence-corrected chi connectivity index (χ2v) is 6.58. The summed E-state index contributed by atoms with van der Waals surface area (Å²) in [6.45, 7) is 8.20. The van der Waals surface area contributed by atoms with E-state index in [-0.39, 0.29) is 11.4 Å². The van der Waals surface area contributed by atoms with Crippen molar-refractivity contribution in [3.8, 4) is 0 Å². The Bertz CT molecular complexity index is 462. The fraction of sp³-hybridized carbons (Fsp3) is 0.786. The van der Waals surface area contributed by atoms with Gasteiger partial charge < -0.3 is 14.8 Å². The molecule has 0 aliphatic carbocycles. The molecule has 1 fully saturated rings. The van der Waals surface area contributed by atoms with Crippen LogP contribution in [0.4, 0.5) is 0 Å². The van der Waals surface area contributed by atoms with Crippen LogP contribution in [0.2, 0.25) is 0 Å². The van der Waals surface area contributed by atoms with Crippen molar-refractivity contribution in [1.82, 2.24) is 25.0 Å². The van der Waals surface area contributed by atoms with E-state index in [0.29, 0.717) is 12.5 Å². The fourth-order valence-electron chi connectivity index (χ4n) is 2.53. The van der Waals surface area contributed by atoms with E-state index in [2.05, 4.69) is 36.3 Å². The van der Waals surface area contributed by atoms with Gasteiger partial charge in [0.05, 0.1) is 6.54 Å². The largest absolute Gasteiger partial charge is 0.341 e. The molecule has 1 N–H and O–H groups in total. The van der Waals surface area contributed by atoms with E-state index in [1.807, 2.05) is 16.5 Å². The van der Waals surface area contributed by atoms with Gasteiger partial charge in [0.2, 0.25) is 5.91 Å². The van der Waals surface area contributed by atoms with E-state index in [4.69, 9.17) is 0 Å². The van der Waals surface area contributed by atoms with Gasteiger partial charge in [-0.05, 0) is 33.6 Å². The molecule has 1 aliphatic rings. The first-order valence-electron chi connectivity index (χ1n) is 7.23. The van der Waals surface area contributed by atoms with Crippen molar-refractivity contribution >= 4 is 5.91 Å². The van der Waals surface area contributed by atoms with Crippen molar-refractivity contribution in [3.63, 3.8) is 0 Å². The lowest BCUT2D eigenvalue weighted by molar-refractivity contribution is -0.131. The summed E-state index contributed by atoms with van der Waals surface area (Å²) < 4.78 is 1.95. The number of amides is 1. The van der Waals surface area contributed by atoms with Crippen LogP contribution in [0.1, 0.15) is 45.4 Å². The highest BCUT2D eigenvalue weighted by atomic mass is 16.2. The third kappa shape index (κ3) is 3.79. The van der Waals surface area contributed by atoms with Gasteiger partial charge in [-0.25, -0.2) is 0 Å². The Labute approximate surface area is 120 Å². The molecule has 112 valence electrons. The minimum atomic E-state index is -0.0333. The second kappa shape index (κ2) is 5.91. The van der Waals surface area contributed by atoms with Gasteiger partial charge >= 0.3 is 0 Å². The van der Waals surface area contributed by atoms with E-state index in [1.165, 1.54) is 0 Å². The fourth-order valence-corrected chi connectivity index (χ4v) is 2.53. The van der Waals surface area contributed by atoms with Crippen molar-refractivity contribution in [1.29, 1.82) is 0 Å². The number of piperidine rings is 1. The predicted molar refractivity (Wildman–Crippen MR) is 77.3 cm³/mol. The van der Waals surface area contributed by atoms with Gasteiger partial charge in [-0.2, -0.15) is 0 Å². The zero-order valence-electron chi connectivity index (χ0n) is 12.9. The summed E-state index contributed by atoms with van der Waals surface area (Å²) in [6.07, 6.45) is 3.82. The number of nitrogens with one attached hydrogen (secondary N) is 1. The summed E-state index contributed by atoms with van der Waals surface area (Å²) in [5.74, 6) is 1.45. The van der Waals surface area contributed by atoms with Crippen molar-refractivity contribution in [2.24, 2.45) is 7.05 Å². The summed E-state index contributed by atoms with van der Waals surface area (Å²) in [5, 5.41) is 11.4. The lowest BCUT2D eigenvalue weighted by Gasteiger charge is -2.33. The van der Waals surface area contributed by atoms with E-state index in [0.717, 1.165) is 31.8 Å². The smallest absolute Gasteiger partial charge is 0.236 e. The topological polar surface area (TPSA) is 63.1 Å². The molecule has 0 bridgehead atoms. The Balaban J connectivity index is 1.93. The molecule has 1 unspecified atom stereocenters. The molecule has 0 aromatic carbocycles. The maximum Gasteiger partial charge on any atom is 0.236 e. The van der Waals surface area contributed by atoms with E-state index in [9.17, 15) is 4.79 Å². The van der Waals surface area contributed by atoms with Gasteiger partial charge in [-0.3, -0.25) is 4.79 Å². The number of likely N-dealkylation sites (tertiary alicyclic amines) is 1. The molecule has 0 spiro atoms. The van der Waals surface area contributed by atoms with Crippen LogP contribution in [0.15, 0.2) is 6.33 Å². The molecule has 1 atom stereocenters. The van der Waals surface area contributed by atoms with Gasteiger partial charge in [0.25, 0.3) is 0 Å². The predicted octanol–water partition coefficient (Wildman–Crippen LogP) is 0.909.